The Balaban J connectivity index is 1.01. The maximum atomic E-state index is 9.56. The Kier molecular flexibility index (Phi) is 6.32. The Bertz CT molecular complexity index is 4690. The number of anilines is 4. The highest BCUT2D eigenvalue weighted by Crippen LogP contribution is 2.61. The molecule has 336 valence electrons. The summed E-state index contributed by atoms with van der Waals surface area (Å²) in [6.07, 6.45) is 1.75. The van der Waals surface area contributed by atoms with Crippen molar-refractivity contribution in [3.8, 4) is 39.6 Å². The molecule has 3 aliphatic rings. The molecule has 0 amide bonds. The van der Waals surface area contributed by atoms with Crippen LogP contribution >= 0.6 is 0 Å². The Morgan fingerprint density at radius 2 is 1.11 bits per heavy atom. The van der Waals surface area contributed by atoms with Gasteiger partial charge in [-0.3, -0.25) is 4.57 Å². The van der Waals surface area contributed by atoms with Gasteiger partial charge in [0.25, 0.3) is 0 Å². The van der Waals surface area contributed by atoms with E-state index >= 15 is 0 Å². The van der Waals surface area contributed by atoms with Gasteiger partial charge in [-0.2, -0.15) is 0 Å². The van der Waals surface area contributed by atoms with Gasteiger partial charge in [-0.05, 0) is 92.4 Å². The van der Waals surface area contributed by atoms with E-state index in [4.69, 9.17) is 28.9 Å². The van der Waals surface area contributed by atoms with Gasteiger partial charge in [0.1, 0.15) is 17.3 Å². The van der Waals surface area contributed by atoms with E-state index in [0.717, 1.165) is 16.5 Å². The third-order valence-corrected chi connectivity index (χ3v) is 13.2. The Morgan fingerprint density at radius 3 is 1.76 bits per heavy atom. The Hall–Kier alpha value is -8.67. The second kappa shape index (κ2) is 16.5. The number of hydrogen-bond acceptors (Lipinski definition) is 4. The summed E-state index contributed by atoms with van der Waals surface area (Å²) < 4.78 is 170. The van der Waals surface area contributed by atoms with Crippen LogP contribution in [-0.2, 0) is 5.41 Å². The third-order valence-electron chi connectivity index (χ3n) is 13.2. The predicted molar refractivity (Wildman–Crippen MR) is 289 cm³/mol. The highest BCUT2D eigenvalue weighted by molar-refractivity contribution is 6.13. The molecule has 0 atom stereocenters. The maximum Gasteiger partial charge on any atom is 0.137 e. The Morgan fingerprint density at radius 1 is 0.543 bits per heavy atom. The van der Waals surface area contributed by atoms with Crippen LogP contribution in [0.5, 0.6) is 11.5 Å². The minimum atomic E-state index is -1.19. The zero-order valence-electron chi connectivity index (χ0n) is 55.9. The average molecular weight is 921 g/mol. The van der Waals surface area contributed by atoms with Gasteiger partial charge >= 0.3 is 0 Å². The monoisotopic (exact) mass is 921 g/mol. The van der Waals surface area contributed by atoms with Crippen LogP contribution in [0, 0.1) is 0 Å². The minimum absolute atomic E-state index is 0.0657. The molecule has 0 saturated heterocycles. The van der Waals surface area contributed by atoms with Crippen molar-refractivity contribution < 1.29 is 29.4 Å². The van der Waals surface area contributed by atoms with Crippen molar-refractivity contribution in [2.24, 2.45) is 0 Å². The third kappa shape index (κ3) is 6.88. The van der Waals surface area contributed by atoms with Crippen molar-refractivity contribution in [2.75, 3.05) is 10.6 Å². The lowest BCUT2D eigenvalue weighted by molar-refractivity contribution is 0.472. The van der Waals surface area contributed by atoms with E-state index in [1.807, 2.05) is 47.0 Å². The van der Waals surface area contributed by atoms with Crippen LogP contribution in [0.1, 0.15) is 96.2 Å². The van der Waals surface area contributed by atoms with Gasteiger partial charge in [-0.25, -0.2) is 4.98 Å². The summed E-state index contributed by atoms with van der Waals surface area (Å²) in [5, 5.41) is 8.26. The van der Waals surface area contributed by atoms with Crippen LogP contribution in [0.4, 0.5) is 22.7 Å². The van der Waals surface area contributed by atoms with Crippen LogP contribution in [0.2, 0.25) is 0 Å². The first-order chi connectivity index (χ1) is 41.8. The first-order valence-electron chi connectivity index (χ1n) is 31.8. The zero-order chi connectivity index (χ0) is 62.6. The fraction of sp³-hybridized carbons (Fsp3) is 0.0923. The summed E-state index contributed by atoms with van der Waals surface area (Å²) in [5.41, 5.74) is 4.89. The van der Waals surface area contributed by atoms with Crippen molar-refractivity contribution >= 4 is 44.6 Å². The molecule has 0 spiro atoms. The van der Waals surface area contributed by atoms with E-state index < -0.39 is 96.4 Å². The first kappa shape index (κ1) is 26.8. The molecule has 9 aromatic carbocycles. The van der Waals surface area contributed by atoms with Crippen molar-refractivity contribution in [3.63, 3.8) is 0 Å². The van der Waals surface area contributed by atoms with Gasteiger partial charge in [0.2, 0.25) is 0 Å². The number of ether oxygens (including phenoxy) is 1. The molecule has 0 radical (unpaired) electrons. The fourth-order valence-electron chi connectivity index (χ4n) is 10.2. The predicted octanol–water partition coefficient (Wildman–Crippen LogP) is 17.1. The van der Waals surface area contributed by atoms with Gasteiger partial charge in [-0.15, -0.1) is 0 Å². The zero-order valence-corrected chi connectivity index (χ0v) is 37.9. The lowest BCUT2D eigenvalue weighted by Gasteiger charge is -2.43. The second-order valence-electron chi connectivity index (χ2n) is 18.3. The molecule has 0 unspecified atom stereocenters. The van der Waals surface area contributed by atoms with Crippen LogP contribution in [0.3, 0.4) is 0 Å². The Labute approximate surface area is 434 Å². The van der Waals surface area contributed by atoms with E-state index in [9.17, 15) is 5.48 Å². The van der Waals surface area contributed by atoms with Crippen LogP contribution in [0.15, 0.2) is 224 Å². The molecule has 0 fully saturated rings. The molecule has 70 heavy (non-hydrogen) atoms. The lowest BCUT2D eigenvalue weighted by Crippen LogP contribution is -2.28. The quantitative estimate of drug-likeness (QED) is 0.151. The van der Waals surface area contributed by atoms with Crippen LogP contribution in [-0.4, -0.2) is 9.55 Å². The minimum Gasteiger partial charge on any atom is -0.457 e. The highest BCUT2D eigenvalue weighted by Gasteiger charge is 2.45. The normalized spacial score (nSPS) is 18.1. The van der Waals surface area contributed by atoms with Crippen molar-refractivity contribution in [1.29, 1.82) is 0 Å². The van der Waals surface area contributed by atoms with Crippen molar-refractivity contribution in [1.82, 2.24) is 9.55 Å². The van der Waals surface area contributed by atoms with Crippen molar-refractivity contribution in [2.45, 2.75) is 38.0 Å². The van der Waals surface area contributed by atoms with E-state index in [2.05, 4.69) is 31.4 Å². The molecule has 11 aromatic rings. The number of hydrogen-bond donors (Lipinski definition) is 2. The highest BCUT2D eigenvalue weighted by atomic mass is 16.5. The molecule has 0 aliphatic heterocycles. The molecule has 2 bridgehead atoms. The standard InChI is InChI=1S/C65H50N4O/c1-65(2,3)43-36-37-66-58(38-43)69-55-35-17-14-30-52(55)61-56(69)40-57(62-59-48-26-10-12-28-50(48)60(63(61)62)51-29-13-11-27-49(51)59)70-45-25-18-24-44(39-45)67-53-33-15-16-34-54(53)68-64-46(41-20-6-4-7-21-41)31-19-32-47(64)42-22-8-5-9-23-42/h4-40,59-60,67-68H,1-3H3/i4D,5D,6D,7D,8D,9D,10D,11D,12D,13D,20D,21D,22D,23D,26D,27D,28D,29D. The number of pyridine rings is 1. The molecule has 2 N–H and O–H groups in total. The van der Waals surface area contributed by atoms with E-state index in [1.165, 1.54) is 18.2 Å². The van der Waals surface area contributed by atoms with Gasteiger partial charge in [0, 0.05) is 63.3 Å². The SMILES string of the molecule is [2H]c1c([2H])c([2H])c(-c2cccc(-c3c([2H])c([2H])c([2H])c([2H])c3[2H])c2Nc2ccccc2Nc2cccc(Oc3cc4c(c5c3C3c6c([2H])c([2H])c([2H])c([2H])c6C5c5c([2H])c([2H])c([2H])c([2H])c53)c3ccccc3n4-c3cc(C(C)(C)C)ccn3)c2)c([2H])c1[2H]. The van der Waals surface area contributed by atoms with Gasteiger partial charge in [0.05, 0.1) is 52.8 Å². The van der Waals surface area contributed by atoms with Crippen LogP contribution in [0.25, 0.3) is 49.9 Å². The van der Waals surface area contributed by atoms with Crippen LogP contribution < -0.4 is 15.4 Å². The molecule has 3 aliphatic carbocycles. The number of fused-ring (bicyclic) bond motifs is 3. The van der Waals surface area contributed by atoms with E-state index in [0.29, 0.717) is 44.9 Å². The average Bonchev–Trinajstić information content (AvgIpc) is 1.03. The van der Waals surface area contributed by atoms with Crippen molar-refractivity contribution in [3.05, 3.63) is 263 Å². The summed E-state index contributed by atoms with van der Waals surface area (Å²) in [5.74, 6) is -1.25. The van der Waals surface area contributed by atoms with Gasteiger partial charge in [0.15, 0.2) is 0 Å². The summed E-state index contributed by atoms with van der Waals surface area (Å²) >= 11 is 0. The number of rotatable bonds is 9. The molecule has 5 nitrogen and oxygen atoms in total. The summed E-state index contributed by atoms with van der Waals surface area (Å²) in [6.45, 7) is 6.31. The second-order valence-corrected chi connectivity index (χ2v) is 18.3. The molecular weight excluding hydrogens is 853 g/mol. The fourth-order valence-corrected chi connectivity index (χ4v) is 10.2. The molecule has 14 rings (SSSR count). The first-order valence-corrected chi connectivity index (χ1v) is 22.8. The lowest BCUT2D eigenvalue weighted by atomic mass is 9.60. The van der Waals surface area contributed by atoms with Gasteiger partial charge in [-0.1, -0.05) is 184 Å². The maximum absolute atomic E-state index is 9.56. The largest absolute Gasteiger partial charge is 0.457 e. The molecule has 5 heteroatoms. The number of benzene rings is 9. The number of aromatic nitrogens is 2. The summed E-state index contributed by atoms with van der Waals surface area (Å²) in [7, 11) is 0. The smallest absolute Gasteiger partial charge is 0.137 e. The van der Waals surface area contributed by atoms with E-state index in [-0.39, 0.29) is 91.3 Å². The van der Waals surface area contributed by atoms with E-state index in [1.54, 1.807) is 54.7 Å². The number of para-hydroxylation sites is 4. The summed E-state index contributed by atoms with van der Waals surface area (Å²) in [4.78, 5) is 4.93. The molecular formula is C65H50N4O. The topological polar surface area (TPSA) is 51.1 Å². The summed E-state index contributed by atoms with van der Waals surface area (Å²) in [6, 6.07) is 22.9. The van der Waals surface area contributed by atoms with Gasteiger partial charge < -0.3 is 15.4 Å². The number of nitrogens with one attached hydrogen (secondary N) is 2. The molecule has 0 saturated carbocycles. The molecule has 2 aromatic heterocycles. The molecule has 2 heterocycles. The number of nitrogens with zero attached hydrogens (tertiary/aromatic N) is 2.